The van der Waals surface area contributed by atoms with Crippen LogP contribution in [-0.2, 0) is 0 Å². The molecule has 20 heavy (non-hydrogen) atoms. The van der Waals surface area contributed by atoms with E-state index in [2.05, 4.69) is 11.4 Å². The fourth-order valence-electron chi connectivity index (χ4n) is 2.26. The number of nitrogens with one attached hydrogen (secondary N) is 1. The minimum atomic E-state index is -0.688. The number of halogens is 2. The Morgan fingerprint density at radius 1 is 1.40 bits per heavy atom. The maximum absolute atomic E-state index is 13.1. The molecular formula is C15H18F2N2O. The summed E-state index contributed by atoms with van der Waals surface area (Å²) in [7, 11) is 0. The second kappa shape index (κ2) is 5.76. The summed E-state index contributed by atoms with van der Waals surface area (Å²) in [5, 5.41) is 12.5. The van der Waals surface area contributed by atoms with Gasteiger partial charge in [0.1, 0.15) is 22.9 Å². The second-order valence-corrected chi connectivity index (χ2v) is 5.60. The van der Waals surface area contributed by atoms with E-state index in [1.807, 2.05) is 6.92 Å². The Balaban J connectivity index is 1.96. The van der Waals surface area contributed by atoms with Crippen molar-refractivity contribution in [2.24, 2.45) is 0 Å². The summed E-state index contributed by atoms with van der Waals surface area (Å²) in [5.41, 5.74) is -0.688. The Hall–Kier alpha value is -1.67. The first kappa shape index (κ1) is 14.7. The van der Waals surface area contributed by atoms with Crippen LogP contribution in [0.25, 0.3) is 0 Å². The molecule has 0 saturated heterocycles. The van der Waals surface area contributed by atoms with Gasteiger partial charge < -0.3 is 4.74 Å². The summed E-state index contributed by atoms with van der Waals surface area (Å²) in [6, 6.07) is 5.72. The normalized spacial score (nSPS) is 18.9. The highest BCUT2D eigenvalue weighted by Crippen LogP contribution is 2.26. The topological polar surface area (TPSA) is 45.0 Å². The molecule has 0 spiro atoms. The van der Waals surface area contributed by atoms with Gasteiger partial charge in [0.15, 0.2) is 0 Å². The average Bonchev–Trinajstić information content (AvgIpc) is 3.10. The Kier molecular flexibility index (Phi) is 4.24. The molecule has 1 aliphatic carbocycles. The van der Waals surface area contributed by atoms with Gasteiger partial charge in [-0.05, 0) is 26.7 Å². The number of nitrogens with zero attached hydrogens (tertiary/aromatic N) is 1. The molecule has 3 nitrogen and oxygen atoms in total. The molecule has 0 radical (unpaired) electrons. The van der Waals surface area contributed by atoms with E-state index in [1.54, 1.807) is 6.92 Å². The third kappa shape index (κ3) is 4.17. The molecule has 5 heteroatoms. The van der Waals surface area contributed by atoms with Gasteiger partial charge in [0, 0.05) is 30.7 Å². The van der Waals surface area contributed by atoms with Crippen LogP contribution in [0.5, 0.6) is 5.75 Å². The van der Waals surface area contributed by atoms with Crippen molar-refractivity contribution in [2.75, 3.05) is 0 Å². The molecule has 0 bridgehead atoms. The van der Waals surface area contributed by atoms with E-state index in [-0.39, 0.29) is 11.9 Å². The number of nitriles is 1. The highest BCUT2D eigenvalue weighted by atomic mass is 19.1. The highest BCUT2D eigenvalue weighted by molar-refractivity contribution is 5.24. The fourth-order valence-corrected chi connectivity index (χ4v) is 2.26. The summed E-state index contributed by atoms with van der Waals surface area (Å²) in [6.07, 6.45) is 2.29. The molecule has 1 saturated carbocycles. The zero-order chi connectivity index (χ0) is 14.8. The van der Waals surface area contributed by atoms with Gasteiger partial charge in [0.25, 0.3) is 0 Å². The van der Waals surface area contributed by atoms with Crippen molar-refractivity contribution in [3.63, 3.8) is 0 Å². The number of hydrogen-bond acceptors (Lipinski definition) is 3. The Morgan fingerprint density at radius 2 is 2.00 bits per heavy atom. The van der Waals surface area contributed by atoms with Gasteiger partial charge in [-0.25, -0.2) is 8.78 Å². The van der Waals surface area contributed by atoms with Crippen LogP contribution >= 0.6 is 0 Å². The first-order chi connectivity index (χ1) is 9.40. The Morgan fingerprint density at radius 3 is 2.50 bits per heavy atom. The van der Waals surface area contributed by atoms with Crippen LogP contribution in [0.4, 0.5) is 8.78 Å². The van der Waals surface area contributed by atoms with Gasteiger partial charge in [-0.15, -0.1) is 0 Å². The first-order valence-corrected chi connectivity index (χ1v) is 6.72. The fraction of sp³-hybridized carbons (Fsp3) is 0.533. The van der Waals surface area contributed by atoms with Gasteiger partial charge in [-0.1, -0.05) is 0 Å². The third-order valence-corrected chi connectivity index (χ3v) is 3.22. The SMILES string of the molecule is CC(CC(C)(C#N)NC1CC1)Oc1cc(F)cc(F)c1. The first-order valence-electron chi connectivity index (χ1n) is 6.72. The number of rotatable bonds is 6. The van der Waals surface area contributed by atoms with Crippen LogP contribution in [0, 0.1) is 23.0 Å². The van der Waals surface area contributed by atoms with Crippen LogP contribution in [0.2, 0.25) is 0 Å². The molecule has 0 aliphatic heterocycles. The van der Waals surface area contributed by atoms with E-state index in [4.69, 9.17) is 4.74 Å². The lowest BCUT2D eigenvalue weighted by Gasteiger charge is -2.27. The van der Waals surface area contributed by atoms with Crippen molar-refractivity contribution >= 4 is 0 Å². The average molecular weight is 280 g/mol. The van der Waals surface area contributed by atoms with Crippen molar-refractivity contribution in [1.82, 2.24) is 5.32 Å². The lowest BCUT2D eigenvalue weighted by atomic mass is 9.96. The van der Waals surface area contributed by atoms with Crippen molar-refractivity contribution in [3.05, 3.63) is 29.8 Å². The summed E-state index contributed by atoms with van der Waals surface area (Å²) in [5.74, 6) is -1.21. The van der Waals surface area contributed by atoms with Gasteiger partial charge in [0.05, 0.1) is 12.2 Å². The summed E-state index contributed by atoms with van der Waals surface area (Å²) < 4.78 is 31.7. The van der Waals surface area contributed by atoms with Gasteiger partial charge >= 0.3 is 0 Å². The van der Waals surface area contributed by atoms with Crippen LogP contribution in [0.1, 0.15) is 33.1 Å². The van der Waals surface area contributed by atoms with Crippen LogP contribution in [0.15, 0.2) is 18.2 Å². The number of hydrogen-bond donors (Lipinski definition) is 1. The Labute approximate surface area is 117 Å². The van der Waals surface area contributed by atoms with Crippen LogP contribution in [0.3, 0.4) is 0 Å². The molecular weight excluding hydrogens is 262 g/mol. The molecule has 108 valence electrons. The van der Waals surface area contributed by atoms with Gasteiger partial charge in [-0.3, -0.25) is 5.32 Å². The zero-order valence-electron chi connectivity index (χ0n) is 11.6. The number of ether oxygens (including phenoxy) is 1. The Bertz CT molecular complexity index is 505. The maximum atomic E-state index is 13.1. The quantitative estimate of drug-likeness (QED) is 0.870. The smallest absolute Gasteiger partial charge is 0.129 e. The standard InChI is InChI=1S/C15H18F2N2O/c1-10(8-15(2,9-18)19-13-3-4-13)20-14-6-11(16)5-12(17)7-14/h5-7,10,13,19H,3-4,8H2,1-2H3. The zero-order valence-corrected chi connectivity index (χ0v) is 11.6. The van der Waals surface area contributed by atoms with E-state index in [9.17, 15) is 14.0 Å². The predicted octanol–water partition coefficient (Wildman–Crippen LogP) is 3.16. The highest BCUT2D eigenvalue weighted by Gasteiger charge is 2.34. The summed E-state index contributed by atoms with van der Waals surface area (Å²) in [4.78, 5) is 0. The van der Waals surface area contributed by atoms with Gasteiger partial charge in [-0.2, -0.15) is 5.26 Å². The molecule has 1 aromatic carbocycles. The predicted molar refractivity (Wildman–Crippen MR) is 71.2 cm³/mol. The molecule has 0 amide bonds. The van der Waals surface area contributed by atoms with Crippen molar-refractivity contribution in [3.8, 4) is 11.8 Å². The summed E-state index contributed by atoms with van der Waals surface area (Å²) in [6.45, 7) is 3.60. The van der Waals surface area contributed by atoms with Crippen LogP contribution in [-0.4, -0.2) is 17.7 Å². The molecule has 0 aromatic heterocycles. The van der Waals surface area contributed by atoms with Crippen molar-refractivity contribution < 1.29 is 13.5 Å². The van der Waals surface area contributed by atoms with Gasteiger partial charge in [0.2, 0.25) is 0 Å². The van der Waals surface area contributed by atoms with Crippen LogP contribution < -0.4 is 10.1 Å². The van der Waals surface area contributed by atoms with E-state index < -0.39 is 17.2 Å². The molecule has 0 heterocycles. The largest absolute Gasteiger partial charge is 0.490 e. The second-order valence-electron chi connectivity index (χ2n) is 5.60. The molecule has 2 rings (SSSR count). The number of benzene rings is 1. The van der Waals surface area contributed by atoms with E-state index >= 15 is 0 Å². The van der Waals surface area contributed by atoms with Crippen molar-refractivity contribution in [2.45, 2.75) is 50.8 Å². The van der Waals surface area contributed by atoms with E-state index in [0.29, 0.717) is 12.5 Å². The van der Waals surface area contributed by atoms with Crippen molar-refractivity contribution in [1.29, 1.82) is 5.26 Å². The lowest BCUT2D eigenvalue weighted by Crippen LogP contribution is -2.45. The molecule has 1 aliphatic rings. The minimum Gasteiger partial charge on any atom is -0.490 e. The maximum Gasteiger partial charge on any atom is 0.129 e. The molecule has 1 fully saturated rings. The molecule has 2 unspecified atom stereocenters. The monoisotopic (exact) mass is 280 g/mol. The summed E-state index contributed by atoms with van der Waals surface area (Å²) >= 11 is 0. The van der Waals surface area contributed by atoms with E-state index in [1.165, 1.54) is 0 Å². The molecule has 1 aromatic rings. The minimum absolute atomic E-state index is 0.140. The molecule has 1 N–H and O–H groups in total. The third-order valence-electron chi connectivity index (χ3n) is 3.22. The molecule has 2 atom stereocenters. The lowest BCUT2D eigenvalue weighted by molar-refractivity contribution is 0.178. The van der Waals surface area contributed by atoms with E-state index in [0.717, 1.165) is 31.0 Å².